The molecule has 0 aliphatic heterocycles. The van der Waals surface area contributed by atoms with Crippen LogP contribution in [0.15, 0.2) is 46.9 Å². The number of carbonyl (C=O) groups excluding carboxylic acids is 2. The Labute approximate surface area is 210 Å². The highest BCUT2D eigenvalue weighted by atomic mass is 79.9. The maximum Gasteiger partial charge on any atom is 0.261 e. The second-order valence-electron chi connectivity index (χ2n) is 7.61. The van der Waals surface area contributed by atoms with Gasteiger partial charge in [0.05, 0.1) is 23.4 Å². The summed E-state index contributed by atoms with van der Waals surface area (Å²) in [6, 6.07) is 12.4. The molecule has 0 spiro atoms. The highest BCUT2D eigenvalue weighted by Crippen LogP contribution is 2.24. The maximum atomic E-state index is 12.9. The van der Waals surface area contributed by atoms with Crippen molar-refractivity contribution in [1.29, 1.82) is 0 Å². The monoisotopic (exact) mass is 533 g/mol. The molecule has 0 saturated carbocycles. The summed E-state index contributed by atoms with van der Waals surface area (Å²) < 4.78 is 6.62. The number of amides is 2. The van der Waals surface area contributed by atoms with Crippen LogP contribution in [0.5, 0.6) is 5.75 Å². The van der Waals surface area contributed by atoms with Gasteiger partial charge in [-0.2, -0.15) is 0 Å². The number of nitrogens with one attached hydrogen (secondary N) is 3. The van der Waals surface area contributed by atoms with Crippen LogP contribution in [0.25, 0.3) is 0 Å². The summed E-state index contributed by atoms with van der Waals surface area (Å²) >= 11 is 8.76. The van der Waals surface area contributed by atoms with Crippen molar-refractivity contribution in [2.24, 2.45) is 0 Å². The Hall–Kier alpha value is -2.45. The molecule has 6 nitrogen and oxygen atoms in total. The number of thiocarbonyl (C=S) groups is 1. The third-order valence-corrected chi connectivity index (χ3v) is 5.60. The molecule has 2 aromatic carbocycles. The second kappa shape index (κ2) is 14.6. The highest BCUT2D eigenvalue weighted by Gasteiger charge is 2.17. The van der Waals surface area contributed by atoms with E-state index < -0.39 is 0 Å². The number of unbranched alkanes of at least 4 members (excludes halogenated alkanes) is 4. The van der Waals surface area contributed by atoms with E-state index in [4.69, 9.17) is 17.0 Å². The van der Waals surface area contributed by atoms with Crippen LogP contribution in [0.4, 0.5) is 5.69 Å². The summed E-state index contributed by atoms with van der Waals surface area (Å²) in [5.41, 5.74) is 1.37. The summed E-state index contributed by atoms with van der Waals surface area (Å²) in [6.45, 7) is 5.38. The molecular formula is C25H32BrN3O3S. The van der Waals surface area contributed by atoms with Crippen molar-refractivity contribution in [3.05, 3.63) is 58.1 Å². The fraction of sp³-hybridized carbons (Fsp3) is 0.400. The molecule has 0 heterocycles. The summed E-state index contributed by atoms with van der Waals surface area (Å²) in [6.07, 6.45) is 6.24. The normalized spacial score (nSPS) is 10.4. The van der Waals surface area contributed by atoms with Crippen LogP contribution >= 0.6 is 28.1 Å². The minimum Gasteiger partial charge on any atom is -0.493 e. The number of halogens is 1. The highest BCUT2D eigenvalue weighted by molar-refractivity contribution is 9.10. The molecular weight excluding hydrogens is 502 g/mol. The lowest BCUT2D eigenvalue weighted by atomic mass is 10.1. The number of carbonyl (C=O) groups is 2. The SMILES string of the molecule is CCCCCCOc1ccc(Br)cc1C(=O)NC(=S)Nc1ccccc1C(=O)NCCCC. The van der Waals surface area contributed by atoms with Gasteiger partial charge in [0.1, 0.15) is 5.75 Å². The van der Waals surface area contributed by atoms with Gasteiger partial charge in [0, 0.05) is 11.0 Å². The van der Waals surface area contributed by atoms with Gasteiger partial charge in [0.2, 0.25) is 0 Å². The molecule has 0 fully saturated rings. The van der Waals surface area contributed by atoms with Crippen LogP contribution in [-0.2, 0) is 0 Å². The van der Waals surface area contributed by atoms with Crippen molar-refractivity contribution < 1.29 is 14.3 Å². The molecule has 0 unspecified atom stereocenters. The van der Waals surface area contributed by atoms with Crippen LogP contribution in [0.2, 0.25) is 0 Å². The Morgan fingerprint density at radius 1 is 0.939 bits per heavy atom. The summed E-state index contributed by atoms with van der Waals surface area (Å²) in [7, 11) is 0. The van der Waals surface area contributed by atoms with Crippen LogP contribution in [0.1, 0.15) is 73.1 Å². The van der Waals surface area contributed by atoms with Crippen LogP contribution in [-0.4, -0.2) is 30.1 Å². The van der Waals surface area contributed by atoms with Gasteiger partial charge in [0.25, 0.3) is 11.8 Å². The fourth-order valence-corrected chi connectivity index (χ4v) is 3.67. The zero-order valence-electron chi connectivity index (χ0n) is 19.2. The minimum atomic E-state index is -0.387. The molecule has 0 saturated heterocycles. The zero-order valence-corrected chi connectivity index (χ0v) is 21.6. The van der Waals surface area contributed by atoms with Crippen molar-refractivity contribution in [1.82, 2.24) is 10.6 Å². The predicted octanol–water partition coefficient (Wildman–Crippen LogP) is 6.06. The Morgan fingerprint density at radius 3 is 2.45 bits per heavy atom. The molecule has 2 rings (SSSR count). The largest absolute Gasteiger partial charge is 0.493 e. The number of rotatable bonds is 12. The van der Waals surface area contributed by atoms with E-state index in [0.717, 1.165) is 43.0 Å². The van der Waals surface area contributed by atoms with Gasteiger partial charge in [-0.15, -0.1) is 0 Å². The lowest BCUT2D eigenvalue weighted by molar-refractivity contribution is 0.0951. The molecule has 0 aliphatic rings. The third-order valence-electron chi connectivity index (χ3n) is 4.90. The van der Waals surface area contributed by atoms with E-state index in [1.54, 1.807) is 36.4 Å². The topological polar surface area (TPSA) is 79.5 Å². The quantitative estimate of drug-likeness (QED) is 0.228. The average Bonchev–Trinajstić information content (AvgIpc) is 2.80. The van der Waals surface area contributed by atoms with Crippen LogP contribution in [0.3, 0.4) is 0 Å². The van der Waals surface area contributed by atoms with E-state index >= 15 is 0 Å². The Kier molecular flexibility index (Phi) is 11.9. The standard InChI is InChI=1S/C25H32BrN3O3S/c1-3-5-7-10-16-32-22-14-13-18(26)17-20(22)24(31)29-25(33)28-21-12-9-8-11-19(21)23(30)27-15-6-4-2/h8-9,11-14,17H,3-7,10,15-16H2,1-2H3,(H,27,30)(H2,28,29,31,33). The number of anilines is 1. The first-order valence-electron chi connectivity index (χ1n) is 11.4. The van der Waals surface area contributed by atoms with Crippen molar-refractivity contribution in [3.63, 3.8) is 0 Å². The first-order chi connectivity index (χ1) is 16.0. The van der Waals surface area contributed by atoms with E-state index in [1.165, 1.54) is 0 Å². The zero-order chi connectivity index (χ0) is 24.1. The van der Waals surface area contributed by atoms with Crippen molar-refractivity contribution in [3.8, 4) is 5.75 Å². The molecule has 178 valence electrons. The summed E-state index contributed by atoms with van der Waals surface area (Å²) in [4.78, 5) is 25.4. The molecule has 0 bridgehead atoms. The lowest BCUT2D eigenvalue weighted by Crippen LogP contribution is -2.35. The molecule has 0 radical (unpaired) electrons. The molecule has 0 atom stereocenters. The number of hydrogen-bond donors (Lipinski definition) is 3. The Bertz CT molecular complexity index is 952. The van der Waals surface area contributed by atoms with Gasteiger partial charge in [0.15, 0.2) is 5.11 Å². The van der Waals surface area contributed by atoms with Crippen LogP contribution < -0.4 is 20.7 Å². The fourth-order valence-electron chi connectivity index (χ4n) is 3.10. The van der Waals surface area contributed by atoms with Crippen LogP contribution in [0, 0.1) is 0 Å². The van der Waals surface area contributed by atoms with Gasteiger partial charge in [-0.25, -0.2) is 0 Å². The van der Waals surface area contributed by atoms with E-state index in [-0.39, 0.29) is 16.9 Å². The number of hydrogen-bond acceptors (Lipinski definition) is 4. The molecule has 8 heteroatoms. The summed E-state index contributed by atoms with van der Waals surface area (Å²) in [5, 5.41) is 8.65. The first kappa shape index (κ1) is 26.8. The predicted molar refractivity (Wildman–Crippen MR) is 141 cm³/mol. The van der Waals surface area contributed by atoms with Gasteiger partial charge in [-0.05, 0) is 55.4 Å². The van der Waals surface area contributed by atoms with Gasteiger partial charge in [-0.1, -0.05) is 67.6 Å². The number of benzene rings is 2. The third kappa shape index (κ3) is 9.14. The number of ether oxygens (including phenoxy) is 1. The van der Waals surface area contributed by atoms with Crippen molar-refractivity contribution >= 4 is 50.8 Å². The molecule has 3 N–H and O–H groups in total. The van der Waals surface area contributed by atoms with E-state index in [0.29, 0.717) is 35.7 Å². The average molecular weight is 535 g/mol. The molecule has 2 aromatic rings. The molecule has 0 aliphatic carbocycles. The van der Waals surface area contributed by atoms with E-state index in [9.17, 15) is 9.59 Å². The second-order valence-corrected chi connectivity index (χ2v) is 8.94. The van der Waals surface area contributed by atoms with Crippen molar-refractivity contribution in [2.45, 2.75) is 52.4 Å². The van der Waals surface area contributed by atoms with E-state index in [1.807, 2.05) is 6.07 Å². The van der Waals surface area contributed by atoms with Crippen molar-refractivity contribution in [2.75, 3.05) is 18.5 Å². The molecule has 33 heavy (non-hydrogen) atoms. The minimum absolute atomic E-state index is 0.0997. The molecule has 2 amide bonds. The van der Waals surface area contributed by atoms with Gasteiger partial charge in [-0.3, -0.25) is 14.9 Å². The Morgan fingerprint density at radius 2 is 1.70 bits per heavy atom. The summed E-state index contributed by atoms with van der Waals surface area (Å²) in [5.74, 6) is -0.0700. The lowest BCUT2D eigenvalue weighted by Gasteiger charge is -2.15. The Balaban J connectivity index is 2.03. The smallest absolute Gasteiger partial charge is 0.261 e. The molecule has 0 aromatic heterocycles. The van der Waals surface area contributed by atoms with Gasteiger partial charge < -0.3 is 15.4 Å². The maximum absolute atomic E-state index is 12.9. The number of para-hydroxylation sites is 1. The van der Waals surface area contributed by atoms with Gasteiger partial charge >= 0.3 is 0 Å². The van der Waals surface area contributed by atoms with E-state index in [2.05, 4.69) is 45.7 Å². The first-order valence-corrected chi connectivity index (χ1v) is 12.6.